The van der Waals surface area contributed by atoms with Crippen molar-refractivity contribution in [2.45, 2.75) is 6.42 Å². The van der Waals surface area contributed by atoms with Crippen molar-refractivity contribution in [3.8, 4) is 5.75 Å². The lowest BCUT2D eigenvalue weighted by atomic mass is 9.63. The number of halogens is 2. The molecule has 0 radical (unpaired) electrons. The Hall–Kier alpha value is -2.63. The van der Waals surface area contributed by atoms with Gasteiger partial charge in [-0.2, -0.15) is 0 Å². The van der Waals surface area contributed by atoms with Gasteiger partial charge in [-0.15, -0.1) is 0 Å². The van der Waals surface area contributed by atoms with E-state index < -0.39 is 5.97 Å². The lowest BCUT2D eigenvalue weighted by molar-refractivity contribution is -0.124. The van der Waals surface area contributed by atoms with Gasteiger partial charge in [-0.3, -0.25) is 9.59 Å². The quantitative estimate of drug-likeness (QED) is 0.290. The largest absolute Gasteiger partial charge is 0.423 e. The molecule has 0 spiro atoms. The third-order valence-electron chi connectivity index (χ3n) is 7.10. The van der Waals surface area contributed by atoms with Crippen LogP contribution >= 0.6 is 23.2 Å². The molecule has 2 bridgehead atoms. The van der Waals surface area contributed by atoms with Crippen molar-refractivity contribution in [2.75, 3.05) is 4.90 Å². The smallest absolute Gasteiger partial charge is 0.345 e. The number of hydrogen-bond donors (Lipinski definition) is 0. The van der Waals surface area contributed by atoms with Gasteiger partial charge in [-0.1, -0.05) is 41.4 Å². The highest BCUT2D eigenvalue weighted by molar-refractivity contribution is 6.36. The Bertz CT molecular complexity index is 1160. The summed E-state index contributed by atoms with van der Waals surface area (Å²) in [5, 5.41) is 0.598. The number of amides is 2. The number of hydrogen-bond acceptors (Lipinski definition) is 4. The van der Waals surface area contributed by atoms with E-state index in [4.69, 9.17) is 27.9 Å². The molecule has 31 heavy (non-hydrogen) atoms. The normalized spacial score (nSPS) is 32.1. The van der Waals surface area contributed by atoms with Crippen LogP contribution in [0, 0.1) is 35.5 Å². The number of anilines is 1. The second-order valence-corrected chi connectivity index (χ2v) is 9.52. The number of nitrogens with zero attached hydrogens (tertiary/aromatic N) is 1. The van der Waals surface area contributed by atoms with E-state index in [0.717, 1.165) is 6.42 Å². The van der Waals surface area contributed by atoms with Gasteiger partial charge in [0, 0.05) is 11.1 Å². The van der Waals surface area contributed by atoms with E-state index in [-0.39, 0.29) is 51.8 Å². The first kappa shape index (κ1) is 19.1. The van der Waals surface area contributed by atoms with Crippen LogP contribution in [0.25, 0.3) is 0 Å². The van der Waals surface area contributed by atoms with Crippen LogP contribution in [0.15, 0.2) is 54.6 Å². The topological polar surface area (TPSA) is 63.7 Å². The van der Waals surface area contributed by atoms with Crippen LogP contribution in [0.3, 0.4) is 0 Å². The van der Waals surface area contributed by atoms with Crippen LogP contribution in [-0.2, 0) is 9.59 Å². The highest BCUT2D eigenvalue weighted by atomic mass is 35.5. The summed E-state index contributed by atoms with van der Waals surface area (Å²) in [7, 11) is 0. The molecule has 0 aromatic heterocycles. The summed E-state index contributed by atoms with van der Waals surface area (Å²) in [5.74, 6) is 0.156. The van der Waals surface area contributed by atoms with Crippen molar-refractivity contribution < 1.29 is 19.1 Å². The maximum absolute atomic E-state index is 13.3. The van der Waals surface area contributed by atoms with Gasteiger partial charge in [-0.25, -0.2) is 9.69 Å². The molecule has 0 N–H and O–H groups in total. The van der Waals surface area contributed by atoms with Crippen LogP contribution in [-0.4, -0.2) is 17.8 Å². The van der Waals surface area contributed by atoms with E-state index in [9.17, 15) is 14.4 Å². The molecule has 2 saturated carbocycles. The zero-order valence-electron chi connectivity index (χ0n) is 16.2. The summed E-state index contributed by atoms with van der Waals surface area (Å²) in [5.41, 5.74) is 0.600. The highest BCUT2D eigenvalue weighted by Crippen LogP contribution is 2.65. The zero-order valence-corrected chi connectivity index (χ0v) is 17.7. The summed E-state index contributed by atoms with van der Waals surface area (Å²) < 4.78 is 5.46. The first-order valence-corrected chi connectivity index (χ1v) is 11.0. The highest BCUT2D eigenvalue weighted by Gasteiger charge is 2.67. The molecule has 156 valence electrons. The molecule has 1 saturated heterocycles. The third-order valence-corrected chi connectivity index (χ3v) is 7.65. The SMILES string of the molecule is O=C(Oc1cccc(N2C(=O)[C@@H]3[C@H]4C=C[C@@H]([C@@H]5C[C@@H]45)[C@H]3C2=O)c1)c1ccc(Cl)cc1Cl. The van der Waals surface area contributed by atoms with Gasteiger partial charge in [0.15, 0.2) is 0 Å². The van der Waals surface area contributed by atoms with Gasteiger partial charge in [0.2, 0.25) is 11.8 Å². The first-order valence-electron chi connectivity index (χ1n) is 10.3. The fourth-order valence-corrected chi connectivity index (χ4v) is 6.20. The molecule has 2 aromatic carbocycles. The average molecular weight is 454 g/mol. The van der Waals surface area contributed by atoms with Crippen molar-refractivity contribution in [1.29, 1.82) is 0 Å². The Kier molecular flexibility index (Phi) is 4.11. The summed E-state index contributed by atoms with van der Waals surface area (Å²) in [6, 6.07) is 11.0. The second-order valence-electron chi connectivity index (χ2n) is 8.68. The van der Waals surface area contributed by atoms with E-state index in [1.165, 1.54) is 17.0 Å². The monoisotopic (exact) mass is 453 g/mol. The lowest BCUT2D eigenvalue weighted by Gasteiger charge is -2.37. The molecule has 0 unspecified atom stereocenters. The van der Waals surface area contributed by atoms with Gasteiger partial charge < -0.3 is 4.74 Å². The van der Waals surface area contributed by atoms with Crippen molar-refractivity contribution in [2.24, 2.45) is 35.5 Å². The molecule has 6 atom stereocenters. The Morgan fingerprint density at radius 3 is 2.26 bits per heavy atom. The number of esters is 1. The van der Waals surface area contributed by atoms with Gasteiger partial charge in [-0.05, 0) is 60.4 Å². The fourth-order valence-electron chi connectivity index (χ4n) is 5.71. The van der Waals surface area contributed by atoms with E-state index in [1.54, 1.807) is 30.3 Å². The molecule has 4 aliphatic carbocycles. The van der Waals surface area contributed by atoms with Crippen LogP contribution in [0.5, 0.6) is 5.75 Å². The van der Waals surface area contributed by atoms with Crippen LogP contribution in [0.4, 0.5) is 5.69 Å². The Labute approximate surface area is 188 Å². The number of allylic oxidation sites excluding steroid dienone is 2. The molecule has 1 heterocycles. The molecule has 7 rings (SSSR count). The maximum atomic E-state index is 13.3. The molecule has 3 fully saturated rings. The number of rotatable bonds is 3. The Balaban J connectivity index is 1.27. The van der Waals surface area contributed by atoms with Gasteiger partial charge in [0.05, 0.1) is 28.1 Å². The van der Waals surface area contributed by atoms with Crippen LogP contribution in [0.1, 0.15) is 16.8 Å². The zero-order chi connectivity index (χ0) is 21.4. The minimum atomic E-state index is -0.645. The number of benzene rings is 2. The maximum Gasteiger partial charge on any atom is 0.345 e. The van der Waals surface area contributed by atoms with E-state index in [0.29, 0.717) is 22.5 Å². The van der Waals surface area contributed by atoms with E-state index in [2.05, 4.69) is 12.2 Å². The van der Waals surface area contributed by atoms with Crippen molar-refractivity contribution in [1.82, 2.24) is 0 Å². The van der Waals surface area contributed by atoms with Crippen LogP contribution in [0.2, 0.25) is 10.0 Å². The molecule has 7 heteroatoms. The number of carbonyl (C=O) groups is 3. The molecule has 5 aliphatic rings. The Morgan fingerprint density at radius 1 is 0.935 bits per heavy atom. The predicted molar refractivity (Wildman–Crippen MR) is 115 cm³/mol. The van der Waals surface area contributed by atoms with Gasteiger partial charge >= 0.3 is 5.97 Å². The molecule has 2 amide bonds. The fraction of sp³-hybridized carbons (Fsp3) is 0.292. The summed E-state index contributed by atoms with van der Waals surface area (Å²) in [4.78, 5) is 40.4. The second kappa shape index (κ2) is 6.68. The standard InChI is InChI=1S/C24H17Cl2NO4/c25-11-4-5-16(19(26)8-11)24(30)31-13-3-1-2-12(9-13)27-22(28)20-14-6-7-15(18-10-17(14)18)21(20)23(27)29/h1-9,14-15,17-18,20-21H,10H2/t14-,15-,17-,18-,20+,21+/m0/s1. The van der Waals surface area contributed by atoms with Crippen molar-refractivity contribution in [3.05, 3.63) is 70.2 Å². The molecule has 2 aromatic rings. The average Bonchev–Trinajstić information content (AvgIpc) is 3.51. The van der Waals surface area contributed by atoms with Crippen molar-refractivity contribution >= 4 is 46.7 Å². The van der Waals surface area contributed by atoms with E-state index >= 15 is 0 Å². The van der Waals surface area contributed by atoms with E-state index in [1.807, 2.05) is 0 Å². The summed E-state index contributed by atoms with van der Waals surface area (Å²) in [6.45, 7) is 0. The van der Waals surface area contributed by atoms with Gasteiger partial charge in [0.25, 0.3) is 0 Å². The first-order chi connectivity index (χ1) is 14.9. The third kappa shape index (κ3) is 2.80. The number of carbonyl (C=O) groups excluding carboxylic acids is 3. The number of imide groups is 1. The van der Waals surface area contributed by atoms with Crippen molar-refractivity contribution in [3.63, 3.8) is 0 Å². The minimum absolute atomic E-state index is 0.149. The van der Waals surface area contributed by atoms with Crippen LogP contribution < -0.4 is 9.64 Å². The number of ether oxygens (including phenoxy) is 1. The molecule has 1 aliphatic heterocycles. The lowest BCUT2D eigenvalue weighted by Crippen LogP contribution is -2.40. The minimum Gasteiger partial charge on any atom is -0.423 e. The van der Waals surface area contributed by atoms with Gasteiger partial charge in [0.1, 0.15) is 5.75 Å². The summed E-state index contributed by atoms with van der Waals surface area (Å²) >= 11 is 12.0. The molecule has 5 nitrogen and oxygen atoms in total. The Morgan fingerprint density at radius 2 is 1.61 bits per heavy atom. The summed E-state index contributed by atoms with van der Waals surface area (Å²) in [6.07, 6.45) is 5.40. The molecular weight excluding hydrogens is 437 g/mol. The molecular formula is C24H17Cl2NO4. The predicted octanol–water partition coefficient (Wildman–Crippen LogP) is 4.77.